The van der Waals surface area contributed by atoms with Crippen LogP contribution in [0.4, 0.5) is 0 Å². The molecule has 12 atom stereocenters. The number of carboxylic acids is 3. The zero-order valence-electron chi connectivity index (χ0n) is 39.3. The van der Waals surface area contributed by atoms with E-state index in [-0.39, 0.29) is 16.3 Å². The van der Waals surface area contributed by atoms with E-state index in [0.717, 1.165) is 12.1 Å². The first-order chi connectivity index (χ1) is 33.5. The van der Waals surface area contributed by atoms with E-state index in [0.29, 0.717) is 61.6 Å². The van der Waals surface area contributed by atoms with Crippen LogP contribution in [0, 0.1) is 0 Å². The molecule has 31 nitrogen and oxygen atoms in total. The van der Waals surface area contributed by atoms with Crippen LogP contribution in [0.3, 0.4) is 0 Å². The van der Waals surface area contributed by atoms with Crippen LogP contribution in [-0.4, -0.2) is 280 Å². The van der Waals surface area contributed by atoms with Gasteiger partial charge < -0.3 is 107 Å². The summed E-state index contributed by atoms with van der Waals surface area (Å²) in [6.45, 7) is 3.95. The zero-order valence-corrected chi connectivity index (χ0v) is 40.1. The lowest BCUT2D eigenvalue weighted by molar-refractivity contribution is -0.164. The molecule has 0 bridgehead atoms. The molecule has 0 amide bonds. The van der Waals surface area contributed by atoms with Gasteiger partial charge in [-0.25, -0.2) is 27.8 Å². The largest absolute Gasteiger partial charge is 0.493 e. The number of benzene rings is 1. The predicted molar refractivity (Wildman–Crippen MR) is 242 cm³/mol. The molecular formula is C40H66N6O25S. The molecule has 32 heteroatoms. The highest BCUT2D eigenvalue weighted by atomic mass is 32.2. The summed E-state index contributed by atoms with van der Waals surface area (Å²) in [4.78, 5) is 52.9. The molecule has 1 fully saturated rings. The van der Waals surface area contributed by atoms with Crippen molar-refractivity contribution in [3.63, 3.8) is 0 Å². The number of sulfonamides is 1. The van der Waals surface area contributed by atoms with Crippen LogP contribution in [0.5, 0.6) is 5.75 Å². The predicted octanol–water partition coefficient (Wildman–Crippen LogP) is -8.87. The molecule has 4 rings (SSSR count). The minimum absolute atomic E-state index is 0.147. The van der Waals surface area contributed by atoms with Crippen LogP contribution in [-0.2, 0) is 37.9 Å². The number of piperazine rings is 1. The van der Waals surface area contributed by atoms with Gasteiger partial charge >= 0.3 is 17.9 Å². The highest BCUT2D eigenvalue weighted by Gasteiger charge is 2.36. The third-order valence-corrected chi connectivity index (χ3v) is 12.3. The molecule has 1 aliphatic rings. The Hall–Kier alpha value is -4.95. The molecule has 3 aromatic rings. The second-order valence-electron chi connectivity index (χ2n) is 15.8. The fraction of sp³-hybridized carbons (Fsp3) is 0.650. The Morgan fingerprint density at radius 3 is 1.46 bits per heavy atom. The average molecular weight is 1060 g/mol. The number of hydrogen-bond acceptors (Lipinski definition) is 25. The summed E-state index contributed by atoms with van der Waals surface area (Å²) in [5.41, 5.74) is 1.75. The number of H-pyrrole nitrogens is 1. The average Bonchev–Trinajstić information content (AvgIpc) is 3.68. The van der Waals surface area contributed by atoms with Crippen molar-refractivity contribution in [2.75, 3.05) is 59.7 Å². The lowest BCUT2D eigenvalue weighted by atomic mass is 10.0. The summed E-state index contributed by atoms with van der Waals surface area (Å²) in [6.07, 6.45) is -22.0. The van der Waals surface area contributed by atoms with Crippen LogP contribution in [0.25, 0.3) is 22.4 Å². The zero-order chi connectivity index (χ0) is 55.5. The van der Waals surface area contributed by atoms with Crippen molar-refractivity contribution in [3.05, 3.63) is 34.2 Å². The summed E-state index contributed by atoms with van der Waals surface area (Å²) in [5.74, 6) is -4.46. The molecule has 1 saturated heterocycles. The van der Waals surface area contributed by atoms with Gasteiger partial charge in [-0.2, -0.15) is 9.40 Å². The number of carbonyl (C=O) groups is 3. The Bertz CT molecular complexity index is 2240. The van der Waals surface area contributed by atoms with Crippen LogP contribution in [0.2, 0.25) is 0 Å². The molecule has 0 radical (unpaired) electrons. The number of aryl methyl sites for hydroxylation is 2. The van der Waals surface area contributed by atoms with Crippen molar-refractivity contribution >= 4 is 39.0 Å². The summed E-state index contributed by atoms with van der Waals surface area (Å²) in [6, 6.07) is 4.71. The smallest absolute Gasteiger partial charge is 0.335 e. The van der Waals surface area contributed by atoms with E-state index in [1.807, 2.05) is 20.9 Å². The maximum atomic E-state index is 13.3. The molecule has 19 N–H and O–H groups in total. The normalized spacial score (nSPS) is 18.3. The summed E-state index contributed by atoms with van der Waals surface area (Å²) in [5, 5.41) is 160. The maximum Gasteiger partial charge on any atom is 0.335 e. The minimum Gasteiger partial charge on any atom is -0.493 e. The molecule has 412 valence electrons. The van der Waals surface area contributed by atoms with Gasteiger partial charge in [-0.05, 0) is 38.6 Å². The molecule has 1 aromatic carbocycles. The topological polar surface area (TPSA) is 529 Å². The summed E-state index contributed by atoms with van der Waals surface area (Å²) >= 11 is 0. The van der Waals surface area contributed by atoms with Gasteiger partial charge in [0.1, 0.15) is 72.0 Å². The number of aliphatic hydroxyl groups is 15. The maximum absolute atomic E-state index is 13.3. The van der Waals surface area contributed by atoms with E-state index in [4.69, 9.17) is 102 Å². The highest BCUT2D eigenvalue weighted by molar-refractivity contribution is 7.89. The molecule has 0 aliphatic carbocycles. The third kappa shape index (κ3) is 17.9. The van der Waals surface area contributed by atoms with Gasteiger partial charge in [0.15, 0.2) is 23.8 Å². The highest BCUT2D eigenvalue weighted by Crippen LogP contribution is 2.32. The van der Waals surface area contributed by atoms with Gasteiger partial charge in [0.05, 0.1) is 42.6 Å². The van der Waals surface area contributed by atoms with Gasteiger partial charge in [-0.15, -0.1) is 0 Å². The Labute approximate surface area is 409 Å². The molecule has 0 spiro atoms. The number of nitrogens with one attached hydrogen (secondary N) is 1. The van der Waals surface area contributed by atoms with E-state index < -0.39 is 121 Å². The number of aliphatic hydroxyl groups excluding tert-OH is 15. The van der Waals surface area contributed by atoms with Gasteiger partial charge in [0, 0.05) is 33.2 Å². The molecule has 12 unspecified atom stereocenters. The lowest BCUT2D eigenvalue weighted by Gasteiger charge is -2.31. The van der Waals surface area contributed by atoms with Gasteiger partial charge in [-0.1, -0.05) is 13.3 Å². The standard InChI is InChI=1S/C22H30N6O4S.3C6H12O7/c1-5-7-17-19-20(27(4)25-17)22(29)24-21(23-19)16-14-15(8-9-18(16)32-6-2)33(30,31)28-12-10-26(3)11-13-28;3*7-1-2(8)3(9)4(10)5(11)6(12)13/h8-9,14H,5-7,10-13H2,1-4H3,(H,23,24,29);3*2-5,7-11H,1H2,(H,12,13). The number of carboxylic acid groups (broad SMARTS) is 3. The van der Waals surface area contributed by atoms with Crippen molar-refractivity contribution in [2.45, 2.75) is 105 Å². The SMILES string of the molecule is CCCc1nn(C)c2c(=O)[nH]c(-c3cc(S(=O)(=O)N4CCN(C)CC4)ccc3OCC)nc12.O=C(O)C(O)C(O)C(O)C(O)CO.O=C(O)C(O)C(O)C(O)C(O)CO.O=C(O)C(O)C(O)C(O)C(O)CO. The number of nitrogens with zero attached hydrogens (tertiary/aromatic N) is 5. The molecule has 2 aromatic heterocycles. The first kappa shape index (κ1) is 65.1. The summed E-state index contributed by atoms with van der Waals surface area (Å²) in [7, 11) is -0.00831. The first-order valence-corrected chi connectivity index (χ1v) is 23.0. The monoisotopic (exact) mass is 1060 g/mol. The fourth-order valence-corrected chi connectivity index (χ4v) is 7.55. The van der Waals surface area contributed by atoms with Crippen molar-refractivity contribution < 1.29 is 119 Å². The van der Waals surface area contributed by atoms with Crippen LogP contribution in [0.15, 0.2) is 27.9 Å². The van der Waals surface area contributed by atoms with Gasteiger partial charge in [0.25, 0.3) is 5.56 Å². The lowest BCUT2D eigenvalue weighted by Crippen LogP contribution is -2.48. The van der Waals surface area contributed by atoms with Crippen LogP contribution >= 0.6 is 0 Å². The Kier molecular flexibility index (Phi) is 27.4. The van der Waals surface area contributed by atoms with E-state index in [2.05, 4.69) is 15.0 Å². The Morgan fingerprint density at radius 2 is 1.10 bits per heavy atom. The molecular weight excluding hydrogens is 997 g/mol. The van der Waals surface area contributed by atoms with Gasteiger partial charge in [-0.3, -0.25) is 9.48 Å². The number of ether oxygens (including phenoxy) is 1. The minimum atomic E-state index is -3.70. The number of fused-ring (bicyclic) bond motifs is 1. The molecule has 3 heterocycles. The number of aromatic nitrogens is 4. The molecule has 72 heavy (non-hydrogen) atoms. The molecule has 1 aliphatic heterocycles. The van der Waals surface area contributed by atoms with Crippen molar-refractivity contribution in [3.8, 4) is 17.1 Å². The first-order valence-electron chi connectivity index (χ1n) is 21.6. The number of aliphatic carboxylic acids is 3. The number of hydrogen-bond donors (Lipinski definition) is 19. The summed E-state index contributed by atoms with van der Waals surface area (Å²) < 4.78 is 35.4. The van der Waals surface area contributed by atoms with E-state index in [1.165, 1.54) is 8.99 Å². The second-order valence-corrected chi connectivity index (χ2v) is 17.7. The van der Waals surface area contributed by atoms with Crippen molar-refractivity contribution in [1.82, 2.24) is 29.0 Å². The number of likely N-dealkylation sites (N-methyl/N-ethyl adjacent to an activating group) is 1. The van der Waals surface area contributed by atoms with Crippen LogP contribution < -0.4 is 10.3 Å². The molecule has 0 saturated carbocycles. The Balaban J connectivity index is 0.000000552. The fourth-order valence-electron chi connectivity index (χ4n) is 6.10. The van der Waals surface area contributed by atoms with E-state index in [1.54, 1.807) is 25.2 Å². The van der Waals surface area contributed by atoms with E-state index in [9.17, 15) is 27.6 Å². The van der Waals surface area contributed by atoms with Crippen molar-refractivity contribution in [2.24, 2.45) is 7.05 Å². The number of rotatable bonds is 22. The van der Waals surface area contributed by atoms with Crippen molar-refractivity contribution in [1.29, 1.82) is 0 Å². The van der Waals surface area contributed by atoms with Gasteiger partial charge in [0.2, 0.25) is 10.0 Å². The third-order valence-electron chi connectivity index (χ3n) is 10.4. The van der Waals surface area contributed by atoms with Crippen LogP contribution in [0.1, 0.15) is 26.0 Å². The number of aromatic amines is 1. The second kappa shape index (κ2) is 30.3. The van der Waals surface area contributed by atoms with E-state index >= 15 is 0 Å². The Morgan fingerprint density at radius 1 is 0.681 bits per heavy atom. The quantitative estimate of drug-likeness (QED) is 0.0444.